The molecule has 0 spiro atoms. The summed E-state index contributed by atoms with van der Waals surface area (Å²) in [7, 11) is 0. The van der Waals surface area contributed by atoms with Crippen LogP contribution in [-0.2, 0) is 9.59 Å². The molecule has 128 valence electrons. The fourth-order valence-electron chi connectivity index (χ4n) is 2.39. The number of ether oxygens (including phenoxy) is 1. The second-order valence-electron chi connectivity index (χ2n) is 6.59. The van der Waals surface area contributed by atoms with E-state index in [1.807, 2.05) is 27.7 Å². The van der Waals surface area contributed by atoms with Crippen molar-refractivity contribution >= 4 is 11.9 Å². The molecule has 0 saturated heterocycles. The van der Waals surface area contributed by atoms with E-state index >= 15 is 0 Å². The third-order valence-electron chi connectivity index (χ3n) is 3.35. The van der Waals surface area contributed by atoms with Crippen molar-refractivity contribution in [1.82, 2.24) is 5.32 Å². The molecule has 5 nitrogen and oxygen atoms in total. The smallest absolute Gasteiger partial charge is 0.346 e. The lowest BCUT2D eigenvalue weighted by Gasteiger charge is -2.26. The van der Waals surface area contributed by atoms with Crippen molar-refractivity contribution in [1.29, 1.82) is 0 Å². The average molecular weight is 325 g/mol. The van der Waals surface area contributed by atoms with Gasteiger partial charge >= 0.3 is 5.97 Å². The predicted octanol–water partition coefficient (Wildman–Crippen LogP) is 2.85. The van der Waals surface area contributed by atoms with Gasteiger partial charge in [0.05, 0.1) is 6.54 Å². The Hall–Kier alpha value is -2.11. The van der Waals surface area contributed by atoms with E-state index in [2.05, 4.69) is 5.32 Å². The highest BCUT2D eigenvalue weighted by atomic mass is 19.1. The molecule has 0 heterocycles. The Bertz CT molecular complexity index is 540. The highest BCUT2D eigenvalue weighted by Crippen LogP contribution is 2.25. The van der Waals surface area contributed by atoms with E-state index in [9.17, 15) is 19.1 Å². The van der Waals surface area contributed by atoms with Gasteiger partial charge in [0.15, 0.2) is 0 Å². The Labute approximate surface area is 135 Å². The number of aliphatic carboxylic acids is 1. The summed E-state index contributed by atoms with van der Waals surface area (Å²) in [6.45, 7) is 7.52. The molecule has 0 bridgehead atoms. The van der Waals surface area contributed by atoms with Crippen LogP contribution in [0.1, 0.15) is 34.1 Å². The third-order valence-corrected chi connectivity index (χ3v) is 3.35. The highest BCUT2D eigenvalue weighted by Gasteiger charge is 2.30. The van der Waals surface area contributed by atoms with Gasteiger partial charge in [-0.3, -0.25) is 4.79 Å². The van der Waals surface area contributed by atoms with E-state index in [0.717, 1.165) is 0 Å². The number of rotatable bonds is 8. The van der Waals surface area contributed by atoms with Gasteiger partial charge in [0.25, 0.3) is 0 Å². The Morgan fingerprint density at radius 3 is 2.30 bits per heavy atom. The predicted molar refractivity (Wildman–Crippen MR) is 84.7 cm³/mol. The zero-order valence-electron chi connectivity index (χ0n) is 13.9. The SMILES string of the molecule is CC(C)CC(C)(C)C(=O)NCC(Oc1ccc(F)cc1)C(=O)O. The minimum absolute atomic E-state index is 0.160. The van der Waals surface area contributed by atoms with Crippen LogP contribution in [0.4, 0.5) is 4.39 Å². The molecule has 0 aliphatic rings. The van der Waals surface area contributed by atoms with Crippen LogP contribution in [0.25, 0.3) is 0 Å². The number of benzene rings is 1. The van der Waals surface area contributed by atoms with Gasteiger partial charge in [0.2, 0.25) is 12.0 Å². The van der Waals surface area contributed by atoms with Crippen molar-refractivity contribution in [3.63, 3.8) is 0 Å². The topological polar surface area (TPSA) is 75.6 Å². The van der Waals surface area contributed by atoms with Crippen LogP contribution in [0.5, 0.6) is 5.75 Å². The fourth-order valence-corrected chi connectivity index (χ4v) is 2.39. The number of halogens is 1. The number of amides is 1. The quantitative estimate of drug-likeness (QED) is 0.770. The van der Waals surface area contributed by atoms with Crippen molar-refractivity contribution in [3.8, 4) is 5.75 Å². The number of carbonyl (C=O) groups is 2. The molecule has 0 radical (unpaired) electrons. The maximum atomic E-state index is 12.8. The lowest BCUT2D eigenvalue weighted by molar-refractivity contribution is -0.145. The molecule has 0 fully saturated rings. The molecule has 1 aromatic carbocycles. The molecule has 1 atom stereocenters. The second kappa shape index (κ2) is 7.94. The number of nitrogens with one attached hydrogen (secondary N) is 1. The number of carboxylic acids is 1. The van der Waals surface area contributed by atoms with Gasteiger partial charge < -0.3 is 15.2 Å². The van der Waals surface area contributed by atoms with E-state index in [1.54, 1.807) is 0 Å². The normalized spacial score (nSPS) is 12.8. The summed E-state index contributed by atoms with van der Waals surface area (Å²) in [4.78, 5) is 23.5. The third kappa shape index (κ3) is 6.26. The van der Waals surface area contributed by atoms with Crippen molar-refractivity contribution in [2.24, 2.45) is 11.3 Å². The Kier molecular flexibility index (Phi) is 6.54. The minimum atomic E-state index is -1.24. The summed E-state index contributed by atoms with van der Waals surface area (Å²) in [5, 5.41) is 11.8. The van der Waals surface area contributed by atoms with Crippen molar-refractivity contribution in [2.45, 2.75) is 40.2 Å². The first-order chi connectivity index (χ1) is 10.6. The average Bonchev–Trinajstić information content (AvgIpc) is 2.43. The second-order valence-corrected chi connectivity index (χ2v) is 6.59. The summed E-state index contributed by atoms with van der Waals surface area (Å²) in [6, 6.07) is 5.04. The number of carboxylic acid groups (broad SMARTS) is 1. The Morgan fingerprint density at radius 1 is 1.26 bits per heavy atom. The Balaban J connectivity index is 2.65. The van der Waals surface area contributed by atoms with E-state index in [0.29, 0.717) is 12.3 Å². The zero-order valence-corrected chi connectivity index (χ0v) is 13.9. The van der Waals surface area contributed by atoms with Crippen LogP contribution in [-0.4, -0.2) is 29.6 Å². The maximum Gasteiger partial charge on any atom is 0.346 e. The van der Waals surface area contributed by atoms with Gasteiger partial charge in [-0.25, -0.2) is 9.18 Å². The molecular weight excluding hydrogens is 301 g/mol. The molecule has 2 N–H and O–H groups in total. The molecule has 23 heavy (non-hydrogen) atoms. The maximum absolute atomic E-state index is 12.8. The summed E-state index contributed by atoms with van der Waals surface area (Å²) in [6.07, 6.45) is -0.547. The first-order valence-corrected chi connectivity index (χ1v) is 7.55. The molecule has 1 unspecified atom stereocenters. The van der Waals surface area contributed by atoms with Crippen molar-refractivity contribution in [2.75, 3.05) is 6.54 Å². The standard InChI is InChI=1S/C17H24FNO4/c1-11(2)9-17(3,4)16(22)19-10-14(15(20)21)23-13-7-5-12(18)6-8-13/h5-8,11,14H,9-10H2,1-4H3,(H,19,22)(H,20,21). The van der Waals surface area contributed by atoms with Crippen LogP contribution in [0.2, 0.25) is 0 Å². The molecule has 0 aromatic heterocycles. The fraction of sp³-hybridized carbons (Fsp3) is 0.529. The van der Waals surface area contributed by atoms with Gasteiger partial charge in [-0.1, -0.05) is 27.7 Å². The van der Waals surface area contributed by atoms with Crippen LogP contribution < -0.4 is 10.1 Å². The van der Waals surface area contributed by atoms with E-state index in [-0.39, 0.29) is 18.2 Å². The van der Waals surface area contributed by atoms with E-state index in [1.165, 1.54) is 24.3 Å². The Morgan fingerprint density at radius 2 is 1.83 bits per heavy atom. The highest BCUT2D eigenvalue weighted by molar-refractivity contribution is 5.82. The number of hydrogen-bond donors (Lipinski definition) is 2. The molecule has 0 saturated carbocycles. The first kappa shape index (κ1) is 18.9. The number of hydrogen-bond acceptors (Lipinski definition) is 3. The molecule has 1 rings (SSSR count). The van der Waals surface area contributed by atoms with Crippen LogP contribution in [0, 0.1) is 17.2 Å². The van der Waals surface area contributed by atoms with Crippen LogP contribution in [0.3, 0.4) is 0 Å². The summed E-state index contributed by atoms with van der Waals surface area (Å²) in [5.41, 5.74) is -0.590. The van der Waals surface area contributed by atoms with Gasteiger partial charge in [-0.15, -0.1) is 0 Å². The largest absolute Gasteiger partial charge is 0.478 e. The molecule has 1 amide bonds. The summed E-state index contributed by atoms with van der Waals surface area (Å²) >= 11 is 0. The lowest BCUT2D eigenvalue weighted by Crippen LogP contribution is -2.45. The number of carbonyl (C=O) groups excluding carboxylic acids is 1. The zero-order chi connectivity index (χ0) is 17.6. The first-order valence-electron chi connectivity index (χ1n) is 7.55. The van der Waals surface area contributed by atoms with E-state index in [4.69, 9.17) is 4.74 Å². The van der Waals surface area contributed by atoms with Gasteiger partial charge in [0, 0.05) is 5.41 Å². The van der Waals surface area contributed by atoms with Gasteiger partial charge in [0.1, 0.15) is 11.6 Å². The molecule has 0 aliphatic heterocycles. The minimum Gasteiger partial charge on any atom is -0.478 e. The van der Waals surface area contributed by atoms with E-state index < -0.39 is 23.3 Å². The monoisotopic (exact) mass is 325 g/mol. The van der Waals surface area contributed by atoms with Crippen LogP contribution >= 0.6 is 0 Å². The molecular formula is C17H24FNO4. The summed E-state index contributed by atoms with van der Waals surface area (Å²) in [5.74, 6) is -1.28. The van der Waals surface area contributed by atoms with Crippen LogP contribution in [0.15, 0.2) is 24.3 Å². The molecule has 0 aliphatic carbocycles. The van der Waals surface area contributed by atoms with Crippen molar-refractivity contribution < 1.29 is 23.8 Å². The lowest BCUT2D eigenvalue weighted by atomic mass is 9.83. The summed E-state index contributed by atoms with van der Waals surface area (Å²) < 4.78 is 18.1. The molecule has 1 aromatic rings. The van der Waals surface area contributed by atoms with Gasteiger partial charge in [-0.05, 0) is 36.6 Å². The van der Waals surface area contributed by atoms with Crippen molar-refractivity contribution in [3.05, 3.63) is 30.1 Å². The van der Waals surface area contributed by atoms with Gasteiger partial charge in [-0.2, -0.15) is 0 Å². The molecule has 6 heteroatoms.